The van der Waals surface area contributed by atoms with Gasteiger partial charge in [-0.2, -0.15) is 0 Å². The van der Waals surface area contributed by atoms with Crippen LogP contribution >= 0.6 is 11.6 Å². The molecule has 1 saturated heterocycles. The first-order valence-electron chi connectivity index (χ1n) is 14.1. The number of benzene rings is 3. The van der Waals surface area contributed by atoms with Crippen LogP contribution in [0.25, 0.3) is 17.0 Å². The molecule has 8 nitrogen and oxygen atoms in total. The van der Waals surface area contributed by atoms with Crippen molar-refractivity contribution >= 4 is 46.0 Å². The minimum atomic E-state index is -1.32. The number of phenols is 1. The topological polar surface area (TPSA) is 103 Å². The molecule has 0 unspecified atom stereocenters. The number of ketones is 1. The van der Waals surface area contributed by atoms with Gasteiger partial charge in [0, 0.05) is 66.5 Å². The summed E-state index contributed by atoms with van der Waals surface area (Å²) in [5.41, 5.74) is 1.79. The van der Waals surface area contributed by atoms with E-state index >= 15 is 4.39 Å². The predicted octanol–water partition coefficient (Wildman–Crippen LogP) is 5.75. The molecule has 10 heteroatoms. The van der Waals surface area contributed by atoms with Gasteiger partial charge in [0.2, 0.25) is 5.43 Å². The van der Waals surface area contributed by atoms with Gasteiger partial charge in [0.25, 0.3) is 0 Å². The maximum absolute atomic E-state index is 15.3. The Kier molecular flexibility index (Phi) is 7.77. The summed E-state index contributed by atoms with van der Waals surface area (Å²) >= 11 is 5.92. The highest BCUT2D eigenvalue weighted by Gasteiger charge is 2.28. The highest BCUT2D eigenvalue weighted by Crippen LogP contribution is 2.38. The van der Waals surface area contributed by atoms with E-state index in [-0.39, 0.29) is 28.5 Å². The Bertz CT molecular complexity index is 1820. The van der Waals surface area contributed by atoms with E-state index in [1.54, 1.807) is 41.0 Å². The maximum Gasteiger partial charge on any atom is 0.341 e. The third-order valence-electron chi connectivity index (χ3n) is 8.04. The molecule has 1 saturated carbocycles. The number of aromatic carboxylic acids is 1. The molecule has 1 aliphatic carbocycles. The Morgan fingerprint density at radius 2 is 1.72 bits per heavy atom. The number of nitrogens with zero attached hydrogens (tertiary/aromatic N) is 3. The van der Waals surface area contributed by atoms with Crippen molar-refractivity contribution in [1.82, 2.24) is 9.47 Å². The molecule has 2 aliphatic rings. The number of phenolic OH excluding ortho intramolecular Hbond substituents is 1. The summed E-state index contributed by atoms with van der Waals surface area (Å²) in [7, 11) is 0. The number of piperazine rings is 1. The molecule has 6 rings (SSSR count). The van der Waals surface area contributed by atoms with Gasteiger partial charge >= 0.3 is 5.97 Å². The van der Waals surface area contributed by atoms with Gasteiger partial charge < -0.3 is 19.7 Å². The molecule has 2 fully saturated rings. The number of aromatic nitrogens is 1. The number of anilines is 1. The van der Waals surface area contributed by atoms with E-state index in [0.717, 1.165) is 24.5 Å². The quantitative estimate of drug-likeness (QED) is 0.196. The Morgan fingerprint density at radius 3 is 2.40 bits per heavy atom. The summed E-state index contributed by atoms with van der Waals surface area (Å²) in [6.45, 7) is 2.60. The maximum atomic E-state index is 15.3. The summed E-state index contributed by atoms with van der Waals surface area (Å²) in [5, 5.41) is 20.7. The van der Waals surface area contributed by atoms with Crippen LogP contribution in [0.5, 0.6) is 5.75 Å². The Labute approximate surface area is 251 Å². The molecule has 2 heterocycles. The van der Waals surface area contributed by atoms with E-state index in [1.807, 2.05) is 17.0 Å². The highest BCUT2D eigenvalue weighted by atomic mass is 35.5. The number of hydrogen-bond acceptors (Lipinski definition) is 6. The van der Waals surface area contributed by atoms with Crippen molar-refractivity contribution in [3.8, 4) is 5.75 Å². The molecule has 3 aromatic carbocycles. The number of pyridine rings is 1. The van der Waals surface area contributed by atoms with Crippen LogP contribution in [0, 0.1) is 5.82 Å². The number of fused-ring (bicyclic) bond motifs is 1. The zero-order valence-electron chi connectivity index (χ0n) is 23.2. The SMILES string of the molecule is O=C(/C=C/c1ccc(Cl)cc1)c1ccc(O)c(CN2CCN(c3cc4c(cc3F)c(=O)c(C(=O)O)cn4C3CC3)CC2)c1. The van der Waals surface area contributed by atoms with Crippen molar-refractivity contribution in [2.45, 2.75) is 25.4 Å². The summed E-state index contributed by atoms with van der Waals surface area (Å²) in [4.78, 5) is 41.3. The van der Waals surface area contributed by atoms with E-state index in [4.69, 9.17) is 11.6 Å². The second-order valence-corrected chi connectivity index (χ2v) is 11.4. The van der Waals surface area contributed by atoms with Gasteiger partial charge in [-0.15, -0.1) is 0 Å². The monoisotopic (exact) mass is 601 g/mol. The van der Waals surface area contributed by atoms with Gasteiger partial charge in [0.1, 0.15) is 17.1 Å². The minimum absolute atomic E-state index is 0.0691. The Hall–Kier alpha value is -4.47. The molecular weight excluding hydrogens is 573 g/mol. The molecule has 0 radical (unpaired) electrons. The lowest BCUT2D eigenvalue weighted by Crippen LogP contribution is -2.46. The average Bonchev–Trinajstić information content (AvgIpc) is 3.84. The number of allylic oxidation sites excluding steroid dienone is 1. The minimum Gasteiger partial charge on any atom is -0.508 e. The second kappa shape index (κ2) is 11.7. The van der Waals surface area contributed by atoms with Gasteiger partial charge in [0.05, 0.1) is 11.2 Å². The van der Waals surface area contributed by atoms with Gasteiger partial charge in [-0.3, -0.25) is 14.5 Å². The number of carboxylic acid groups (broad SMARTS) is 1. The van der Waals surface area contributed by atoms with Crippen molar-refractivity contribution in [3.05, 3.63) is 110 Å². The lowest BCUT2D eigenvalue weighted by molar-refractivity contribution is 0.0694. The van der Waals surface area contributed by atoms with Crippen molar-refractivity contribution in [3.63, 3.8) is 0 Å². The normalized spacial score (nSPS) is 15.8. The zero-order chi connectivity index (χ0) is 30.2. The molecule has 2 N–H and O–H groups in total. The molecule has 1 aromatic heterocycles. The molecule has 0 atom stereocenters. The molecule has 43 heavy (non-hydrogen) atoms. The predicted molar refractivity (Wildman–Crippen MR) is 164 cm³/mol. The van der Waals surface area contributed by atoms with E-state index < -0.39 is 17.2 Å². The van der Waals surface area contributed by atoms with E-state index in [9.17, 15) is 24.6 Å². The number of aromatic hydroxyl groups is 1. The van der Waals surface area contributed by atoms with E-state index in [0.29, 0.717) is 60.1 Å². The molecule has 0 bridgehead atoms. The van der Waals surface area contributed by atoms with E-state index in [2.05, 4.69) is 4.90 Å². The van der Waals surface area contributed by atoms with Crippen LogP contribution in [0.2, 0.25) is 5.02 Å². The number of carboxylic acids is 1. The molecular formula is C33H29ClFN3O5. The van der Waals surface area contributed by atoms with Crippen LogP contribution in [0.4, 0.5) is 10.1 Å². The molecule has 220 valence electrons. The fourth-order valence-electron chi connectivity index (χ4n) is 5.50. The third kappa shape index (κ3) is 6.04. The highest BCUT2D eigenvalue weighted by molar-refractivity contribution is 6.30. The number of rotatable bonds is 8. The van der Waals surface area contributed by atoms with Crippen molar-refractivity contribution in [2.75, 3.05) is 31.1 Å². The first kappa shape index (κ1) is 28.6. The van der Waals surface area contributed by atoms with Crippen LogP contribution in [-0.2, 0) is 6.54 Å². The average molecular weight is 602 g/mol. The lowest BCUT2D eigenvalue weighted by Gasteiger charge is -2.36. The van der Waals surface area contributed by atoms with E-state index in [1.165, 1.54) is 18.3 Å². The smallest absolute Gasteiger partial charge is 0.341 e. The largest absolute Gasteiger partial charge is 0.508 e. The van der Waals surface area contributed by atoms with Crippen LogP contribution in [0.1, 0.15) is 50.7 Å². The lowest BCUT2D eigenvalue weighted by atomic mass is 10.0. The third-order valence-corrected chi connectivity index (χ3v) is 8.29. The number of carbonyl (C=O) groups excluding carboxylic acids is 1. The van der Waals surface area contributed by atoms with Gasteiger partial charge in [0.15, 0.2) is 5.78 Å². The molecule has 1 aliphatic heterocycles. The fraction of sp³-hybridized carbons (Fsp3) is 0.242. The molecule has 4 aromatic rings. The number of carbonyl (C=O) groups is 2. The van der Waals surface area contributed by atoms with Crippen LogP contribution in [0.3, 0.4) is 0 Å². The molecule has 0 amide bonds. The number of halogens is 2. The van der Waals surface area contributed by atoms with Gasteiger partial charge in [-0.05, 0) is 66.9 Å². The molecule has 0 spiro atoms. The van der Waals surface area contributed by atoms with Crippen molar-refractivity contribution in [1.29, 1.82) is 0 Å². The van der Waals surface area contributed by atoms with Crippen LogP contribution < -0.4 is 10.3 Å². The zero-order valence-corrected chi connectivity index (χ0v) is 23.9. The van der Waals surface area contributed by atoms with Gasteiger partial charge in [-0.25, -0.2) is 9.18 Å². The van der Waals surface area contributed by atoms with Gasteiger partial charge in [-0.1, -0.05) is 29.8 Å². The second-order valence-electron chi connectivity index (χ2n) is 11.0. The van der Waals surface area contributed by atoms with Crippen LogP contribution in [0.15, 0.2) is 71.7 Å². The fourth-order valence-corrected chi connectivity index (χ4v) is 5.63. The van der Waals surface area contributed by atoms with Crippen LogP contribution in [-0.4, -0.2) is 57.6 Å². The first-order valence-corrected chi connectivity index (χ1v) is 14.4. The van der Waals surface area contributed by atoms with Crippen molar-refractivity contribution in [2.24, 2.45) is 0 Å². The Balaban J connectivity index is 1.16. The number of hydrogen-bond donors (Lipinski definition) is 2. The summed E-state index contributed by atoms with van der Waals surface area (Å²) in [6.07, 6.45) is 6.33. The standard InChI is InChI=1S/C33H29ClFN3O5/c34-23-5-1-20(2-6-23)3-9-30(39)21-4-10-31(40)22(15-21)18-36-11-13-37(14-12-36)29-17-28-25(16-27(29)35)32(41)26(33(42)43)19-38(28)24-7-8-24/h1-6,9-10,15-17,19,24,40H,7-8,11-14,18H2,(H,42,43)/b9-3+. The first-order chi connectivity index (χ1) is 20.7. The summed E-state index contributed by atoms with van der Waals surface area (Å²) < 4.78 is 17.1. The summed E-state index contributed by atoms with van der Waals surface area (Å²) in [6, 6.07) is 14.9. The summed E-state index contributed by atoms with van der Waals surface area (Å²) in [5.74, 6) is -1.98. The van der Waals surface area contributed by atoms with Crippen molar-refractivity contribution < 1.29 is 24.2 Å². The Morgan fingerprint density at radius 1 is 1.00 bits per heavy atom.